The summed E-state index contributed by atoms with van der Waals surface area (Å²) < 4.78 is 27.9. The molecule has 0 spiro atoms. The summed E-state index contributed by atoms with van der Waals surface area (Å²) in [5, 5.41) is 0.503. The van der Waals surface area contributed by atoms with Crippen LogP contribution in [0.25, 0.3) is 11.0 Å². The van der Waals surface area contributed by atoms with E-state index in [0.717, 1.165) is 0 Å². The van der Waals surface area contributed by atoms with Crippen molar-refractivity contribution in [3.8, 4) is 0 Å². The Labute approximate surface area is 233 Å². The quantitative estimate of drug-likeness (QED) is 0.410. The van der Waals surface area contributed by atoms with E-state index in [2.05, 4.69) is 9.97 Å². The number of likely N-dealkylation sites (tertiary alicyclic amines) is 1. The lowest BCUT2D eigenvalue weighted by Gasteiger charge is -2.34. The molecule has 0 radical (unpaired) electrons. The highest BCUT2D eigenvalue weighted by atomic mass is 19.1. The Hall–Kier alpha value is -4.02. The fraction of sp³-hybridized carbons (Fsp3) is 0.483. The van der Waals surface area contributed by atoms with E-state index in [-0.39, 0.29) is 36.6 Å². The van der Waals surface area contributed by atoms with Gasteiger partial charge in [-0.15, -0.1) is 0 Å². The van der Waals surface area contributed by atoms with Crippen molar-refractivity contribution in [2.45, 2.75) is 58.6 Å². The van der Waals surface area contributed by atoms with Gasteiger partial charge in [-0.25, -0.2) is 23.9 Å². The average molecular weight is 554 g/mol. The Bertz CT molecular complexity index is 1420. The van der Waals surface area contributed by atoms with Gasteiger partial charge in [-0.1, -0.05) is 6.07 Å². The summed E-state index contributed by atoms with van der Waals surface area (Å²) in [4.78, 5) is 49.8. The van der Waals surface area contributed by atoms with Crippen molar-refractivity contribution in [3.63, 3.8) is 0 Å². The lowest BCUT2D eigenvalue weighted by molar-refractivity contribution is 0.0189. The van der Waals surface area contributed by atoms with E-state index in [1.54, 1.807) is 44.2 Å². The summed E-state index contributed by atoms with van der Waals surface area (Å²) in [5.41, 5.74) is 1.33. The van der Waals surface area contributed by atoms with Crippen LogP contribution in [0.2, 0.25) is 0 Å². The maximum Gasteiger partial charge on any atom is 0.410 e. The minimum Gasteiger partial charge on any atom is -0.462 e. The molecule has 0 unspecified atom stereocenters. The number of hydrogen-bond donors (Lipinski definition) is 0. The lowest BCUT2D eigenvalue weighted by atomic mass is 10.0. The third-order valence-corrected chi connectivity index (χ3v) is 6.76. The second kappa shape index (κ2) is 11.6. The van der Waals surface area contributed by atoms with Crippen LogP contribution in [0.5, 0.6) is 0 Å². The number of carbonyl (C=O) groups excluding carboxylic acids is 3. The first-order valence-corrected chi connectivity index (χ1v) is 13.4. The average Bonchev–Trinajstić information content (AvgIpc) is 3.29. The molecule has 1 aromatic carbocycles. The Balaban J connectivity index is 1.66. The first-order valence-electron chi connectivity index (χ1n) is 13.4. The number of benzene rings is 1. The number of piperidine rings is 1. The van der Waals surface area contributed by atoms with Gasteiger partial charge in [-0.2, -0.15) is 0 Å². The van der Waals surface area contributed by atoms with E-state index < -0.39 is 17.4 Å². The Kier molecular flexibility index (Phi) is 8.41. The zero-order valence-corrected chi connectivity index (χ0v) is 23.9. The number of esters is 1. The molecule has 10 nitrogen and oxygen atoms in total. The molecule has 0 saturated carbocycles. The molecule has 1 fully saturated rings. The molecule has 3 aromatic rings. The van der Waals surface area contributed by atoms with Gasteiger partial charge in [0.15, 0.2) is 0 Å². The van der Waals surface area contributed by atoms with Gasteiger partial charge in [0.05, 0.1) is 23.3 Å². The van der Waals surface area contributed by atoms with E-state index >= 15 is 4.39 Å². The van der Waals surface area contributed by atoms with Crippen molar-refractivity contribution in [3.05, 3.63) is 58.9 Å². The summed E-state index contributed by atoms with van der Waals surface area (Å²) in [6.45, 7) is 8.42. The number of aromatic nitrogens is 3. The highest BCUT2D eigenvalue weighted by molar-refractivity contribution is 6.04. The van der Waals surface area contributed by atoms with Crippen LogP contribution in [0.1, 0.15) is 78.6 Å². The molecule has 3 heterocycles. The van der Waals surface area contributed by atoms with Crippen LogP contribution < -0.4 is 0 Å². The number of amides is 2. The van der Waals surface area contributed by atoms with Crippen molar-refractivity contribution in [2.24, 2.45) is 0 Å². The molecule has 2 amide bonds. The normalized spacial score (nSPS) is 14.3. The molecule has 40 heavy (non-hydrogen) atoms. The third kappa shape index (κ3) is 6.24. The Morgan fingerprint density at radius 2 is 1.82 bits per heavy atom. The lowest BCUT2D eigenvalue weighted by Crippen LogP contribution is -2.42. The predicted molar refractivity (Wildman–Crippen MR) is 147 cm³/mol. The van der Waals surface area contributed by atoms with Crippen LogP contribution in [0.3, 0.4) is 0 Å². The fourth-order valence-corrected chi connectivity index (χ4v) is 4.84. The molecule has 214 valence electrons. The topological polar surface area (TPSA) is 107 Å². The molecule has 0 atom stereocenters. The van der Waals surface area contributed by atoms with Crippen LogP contribution >= 0.6 is 0 Å². The van der Waals surface area contributed by atoms with E-state index in [1.165, 1.54) is 17.3 Å². The maximum absolute atomic E-state index is 15.1. The number of halogens is 1. The highest BCUT2D eigenvalue weighted by Crippen LogP contribution is 2.32. The Morgan fingerprint density at radius 3 is 2.42 bits per heavy atom. The predicted octanol–water partition coefficient (Wildman–Crippen LogP) is 4.61. The van der Waals surface area contributed by atoms with Crippen molar-refractivity contribution in [2.75, 3.05) is 33.8 Å². The van der Waals surface area contributed by atoms with Gasteiger partial charge in [0.2, 0.25) is 0 Å². The van der Waals surface area contributed by atoms with Crippen molar-refractivity contribution in [1.82, 2.24) is 24.3 Å². The maximum atomic E-state index is 15.1. The minimum atomic E-state index is -0.575. The molecule has 1 aliphatic rings. The van der Waals surface area contributed by atoms with Gasteiger partial charge in [-0.3, -0.25) is 4.79 Å². The first-order chi connectivity index (χ1) is 18.9. The standard InChI is InChI=1S/C29H36FN5O5/c1-7-39-27(37)21-16-35(20-10-12-34(13-11-20)28(38)40-29(2,3)4)25-24(21)23(31-17-32-25)15-18-8-9-19(14-22(18)30)26(36)33(5)6/h8-9,14,16-17,20H,7,10-13,15H2,1-6H3. The molecule has 11 heteroatoms. The highest BCUT2D eigenvalue weighted by Gasteiger charge is 2.30. The van der Waals surface area contributed by atoms with Crippen LogP contribution in [-0.2, 0) is 15.9 Å². The monoisotopic (exact) mass is 553 g/mol. The number of carbonyl (C=O) groups is 3. The number of rotatable bonds is 6. The zero-order chi connectivity index (χ0) is 29.2. The van der Waals surface area contributed by atoms with Gasteiger partial charge in [0.25, 0.3) is 5.91 Å². The molecule has 1 saturated heterocycles. The zero-order valence-electron chi connectivity index (χ0n) is 23.9. The summed E-state index contributed by atoms with van der Waals surface area (Å²) in [6.07, 6.45) is 4.15. The second-order valence-corrected chi connectivity index (χ2v) is 11.1. The first kappa shape index (κ1) is 29.0. The minimum absolute atomic E-state index is 0.0276. The van der Waals surface area contributed by atoms with Crippen molar-refractivity contribution >= 4 is 29.0 Å². The van der Waals surface area contributed by atoms with Crippen molar-refractivity contribution in [1.29, 1.82) is 0 Å². The molecule has 2 aromatic heterocycles. The summed E-state index contributed by atoms with van der Waals surface area (Å²) in [5.74, 6) is -1.35. The summed E-state index contributed by atoms with van der Waals surface area (Å²) >= 11 is 0. The number of nitrogens with zero attached hydrogens (tertiary/aromatic N) is 5. The van der Waals surface area contributed by atoms with Gasteiger partial charge in [0.1, 0.15) is 23.4 Å². The van der Waals surface area contributed by atoms with Crippen molar-refractivity contribution < 1.29 is 28.2 Å². The molecule has 0 aliphatic carbocycles. The third-order valence-electron chi connectivity index (χ3n) is 6.76. The van der Waals surface area contributed by atoms with E-state index in [0.29, 0.717) is 53.8 Å². The van der Waals surface area contributed by atoms with Gasteiger partial charge < -0.3 is 23.8 Å². The molecule has 0 bridgehead atoms. The van der Waals surface area contributed by atoms with Gasteiger partial charge in [0, 0.05) is 51.4 Å². The van der Waals surface area contributed by atoms with Gasteiger partial charge >= 0.3 is 12.1 Å². The summed E-state index contributed by atoms with van der Waals surface area (Å²) in [6, 6.07) is 4.33. The second-order valence-electron chi connectivity index (χ2n) is 11.1. The summed E-state index contributed by atoms with van der Waals surface area (Å²) in [7, 11) is 3.21. The molecule has 4 rings (SSSR count). The SMILES string of the molecule is CCOC(=O)c1cn(C2CCN(C(=O)OC(C)(C)C)CC2)c2ncnc(Cc3ccc(C(=O)N(C)C)cc3F)c12. The van der Waals surface area contributed by atoms with E-state index in [9.17, 15) is 14.4 Å². The van der Waals surface area contributed by atoms with Gasteiger partial charge in [-0.05, 0) is 58.2 Å². The number of hydrogen-bond acceptors (Lipinski definition) is 7. The number of fused-ring (bicyclic) bond motifs is 1. The van der Waals surface area contributed by atoms with Crippen LogP contribution in [-0.4, -0.2) is 81.7 Å². The van der Waals surface area contributed by atoms with Crippen LogP contribution in [0, 0.1) is 5.82 Å². The van der Waals surface area contributed by atoms with E-state index in [4.69, 9.17) is 9.47 Å². The molecule has 0 N–H and O–H groups in total. The van der Waals surface area contributed by atoms with E-state index in [1.807, 2.05) is 25.3 Å². The molecule has 1 aliphatic heterocycles. The van der Waals surface area contributed by atoms with Crippen LogP contribution in [0.15, 0.2) is 30.7 Å². The molecular formula is C29H36FN5O5. The fourth-order valence-electron chi connectivity index (χ4n) is 4.84. The Morgan fingerprint density at radius 1 is 1.12 bits per heavy atom. The smallest absolute Gasteiger partial charge is 0.410 e. The largest absolute Gasteiger partial charge is 0.462 e. The van der Waals surface area contributed by atoms with Crippen LogP contribution in [0.4, 0.5) is 9.18 Å². The molecular weight excluding hydrogens is 517 g/mol. The number of ether oxygens (including phenoxy) is 2.